The van der Waals surface area contributed by atoms with E-state index in [1.54, 1.807) is 30.3 Å². The molecule has 0 atom stereocenters. The van der Waals surface area contributed by atoms with Crippen LogP contribution in [0.5, 0.6) is 0 Å². The van der Waals surface area contributed by atoms with Crippen molar-refractivity contribution in [3.05, 3.63) is 71.8 Å². The van der Waals surface area contributed by atoms with Gasteiger partial charge in [-0.1, -0.05) is 48.0 Å². The number of anilines is 1. The van der Waals surface area contributed by atoms with Crippen molar-refractivity contribution in [2.45, 2.75) is 24.7 Å². The fraction of sp³-hybridized carbons (Fsp3) is 0.250. The van der Waals surface area contributed by atoms with Gasteiger partial charge in [0, 0.05) is 23.9 Å². The lowest BCUT2D eigenvalue weighted by atomic mass is 9.97. The highest BCUT2D eigenvalue weighted by atomic mass is 32.2. The molecule has 9 heteroatoms. The Balaban J connectivity index is 1.44. The number of aryl methyl sites for hydroxylation is 1. The van der Waals surface area contributed by atoms with Crippen molar-refractivity contribution in [1.82, 2.24) is 4.31 Å². The molecule has 172 valence electrons. The average molecular weight is 484 g/mol. The number of amides is 2. The Morgan fingerprint density at radius 3 is 2.27 bits per heavy atom. The van der Waals surface area contributed by atoms with Gasteiger partial charge >= 0.3 is 0 Å². The summed E-state index contributed by atoms with van der Waals surface area (Å²) in [6.07, 6.45) is 0.805. The molecule has 0 unspecified atom stereocenters. The molecule has 1 saturated heterocycles. The van der Waals surface area contributed by atoms with Crippen molar-refractivity contribution < 1.29 is 18.0 Å². The minimum absolute atomic E-state index is 0.230. The summed E-state index contributed by atoms with van der Waals surface area (Å²) in [7, 11) is -3.59. The molecule has 1 aliphatic rings. The summed E-state index contributed by atoms with van der Waals surface area (Å²) in [6, 6.07) is 18.0. The molecule has 1 fully saturated rings. The summed E-state index contributed by atoms with van der Waals surface area (Å²) in [6.45, 7) is 2.42. The van der Waals surface area contributed by atoms with Crippen molar-refractivity contribution >= 4 is 38.2 Å². The number of nitrogens with zero attached hydrogens (tertiary/aromatic N) is 1. The van der Waals surface area contributed by atoms with Crippen LogP contribution in [0.1, 0.15) is 28.8 Å². The number of carbonyl (C=O) groups is 2. The summed E-state index contributed by atoms with van der Waals surface area (Å²) in [4.78, 5) is 26.0. The number of hydrogen-bond acceptors (Lipinski definition) is 5. The summed E-state index contributed by atoms with van der Waals surface area (Å²) >= 11 is 1.30. The molecule has 1 aliphatic heterocycles. The highest BCUT2D eigenvalue weighted by molar-refractivity contribution is 7.89. The number of nitrogens with two attached hydrogens (primary N) is 1. The van der Waals surface area contributed by atoms with E-state index >= 15 is 0 Å². The van der Waals surface area contributed by atoms with E-state index in [-0.39, 0.29) is 35.4 Å². The van der Waals surface area contributed by atoms with Gasteiger partial charge in [0.25, 0.3) is 5.91 Å². The van der Waals surface area contributed by atoms with Gasteiger partial charge in [-0.2, -0.15) is 4.31 Å². The largest absolute Gasteiger partial charge is 0.366 e. The fourth-order valence-corrected chi connectivity index (χ4v) is 6.38. The van der Waals surface area contributed by atoms with E-state index in [0.29, 0.717) is 17.8 Å². The lowest BCUT2D eigenvalue weighted by Crippen LogP contribution is -2.41. The van der Waals surface area contributed by atoms with Crippen molar-refractivity contribution in [3.63, 3.8) is 0 Å². The molecule has 0 saturated carbocycles. The van der Waals surface area contributed by atoms with Gasteiger partial charge in [0.2, 0.25) is 15.9 Å². The Bertz CT molecular complexity index is 1260. The third kappa shape index (κ3) is 5.00. The Hall–Kier alpha value is -3.01. The van der Waals surface area contributed by atoms with Gasteiger partial charge in [-0.15, -0.1) is 11.3 Å². The van der Waals surface area contributed by atoms with Crippen molar-refractivity contribution in [2.24, 2.45) is 11.7 Å². The van der Waals surface area contributed by atoms with Gasteiger partial charge in [0.05, 0.1) is 10.5 Å². The molecule has 0 aliphatic carbocycles. The molecule has 0 radical (unpaired) electrons. The molecule has 2 amide bonds. The van der Waals surface area contributed by atoms with Crippen LogP contribution >= 0.6 is 11.3 Å². The maximum Gasteiger partial charge on any atom is 0.251 e. The number of nitrogens with one attached hydrogen (secondary N) is 1. The topological polar surface area (TPSA) is 110 Å². The maximum absolute atomic E-state index is 12.9. The van der Waals surface area contributed by atoms with Crippen LogP contribution in [0.4, 0.5) is 5.00 Å². The second-order valence-corrected chi connectivity index (χ2v) is 11.1. The highest BCUT2D eigenvalue weighted by Gasteiger charge is 2.32. The Kier molecular flexibility index (Phi) is 6.64. The van der Waals surface area contributed by atoms with Gasteiger partial charge in [-0.05, 0) is 43.5 Å². The predicted molar refractivity (Wildman–Crippen MR) is 130 cm³/mol. The van der Waals surface area contributed by atoms with E-state index < -0.39 is 15.9 Å². The van der Waals surface area contributed by atoms with E-state index in [0.717, 1.165) is 16.0 Å². The van der Waals surface area contributed by atoms with Crippen molar-refractivity contribution in [3.8, 4) is 10.4 Å². The first kappa shape index (κ1) is 23.2. The maximum atomic E-state index is 12.9. The minimum Gasteiger partial charge on any atom is -0.366 e. The molecule has 33 heavy (non-hydrogen) atoms. The minimum atomic E-state index is -3.59. The first-order valence-electron chi connectivity index (χ1n) is 10.6. The molecular weight excluding hydrogens is 458 g/mol. The number of hydrogen-bond donors (Lipinski definition) is 2. The van der Waals surface area contributed by atoms with Gasteiger partial charge in [-0.25, -0.2) is 8.42 Å². The summed E-state index contributed by atoms with van der Waals surface area (Å²) < 4.78 is 27.2. The number of primary amides is 1. The van der Waals surface area contributed by atoms with Gasteiger partial charge in [0.15, 0.2) is 0 Å². The molecule has 7 nitrogen and oxygen atoms in total. The normalized spacial score (nSPS) is 15.3. The Labute approximate surface area is 197 Å². The standard InChI is InChI=1S/C24H25N3O4S2/c1-16-7-9-19(10-8-16)33(30,31)27-13-11-18(12-14-27)23(29)26-24-20(22(25)28)15-21(32-24)17-5-3-2-4-6-17/h2-10,15,18H,11-14H2,1H3,(H2,25,28)(H,26,29). The summed E-state index contributed by atoms with van der Waals surface area (Å²) in [5, 5.41) is 3.27. The van der Waals surface area contributed by atoms with Crippen LogP contribution in [0.3, 0.4) is 0 Å². The number of rotatable bonds is 6. The number of carbonyl (C=O) groups excluding carboxylic acids is 2. The molecule has 2 aromatic carbocycles. The Morgan fingerprint density at radius 2 is 1.67 bits per heavy atom. The van der Waals surface area contributed by atoms with E-state index in [4.69, 9.17) is 5.73 Å². The smallest absolute Gasteiger partial charge is 0.251 e. The van der Waals surface area contributed by atoms with Crippen LogP contribution in [0.15, 0.2) is 65.6 Å². The lowest BCUT2D eigenvalue weighted by Gasteiger charge is -2.30. The van der Waals surface area contributed by atoms with Crippen LogP contribution in [-0.4, -0.2) is 37.6 Å². The monoisotopic (exact) mass is 483 g/mol. The van der Waals surface area contributed by atoms with E-state index in [9.17, 15) is 18.0 Å². The zero-order valence-corrected chi connectivity index (χ0v) is 19.8. The van der Waals surface area contributed by atoms with Crippen LogP contribution in [0.2, 0.25) is 0 Å². The lowest BCUT2D eigenvalue weighted by molar-refractivity contribution is -0.120. The molecule has 0 spiro atoms. The third-order valence-electron chi connectivity index (χ3n) is 5.78. The Morgan fingerprint density at radius 1 is 1.03 bits per heavy atom. The molecule has 4 rings (SSSR count). The average Bonchev–Trinajstić information content (AvgIpc) is 3.24. The van der Waals surface area contributed by atoms with Crippen molar-refractivity contribution in [1.29, 1.82) is 0 Å². The molecule has 3 aromatic rings. The SMILES string of the molecule is Cc1ccc(S(=O)(=O)N2CCC(C(=O)Nc3sc(-c4ccccc4)cc3C(N)=O)CC2)cc1. The fourth-order valence-electron chi connectivity index (χ4n) is 3.84. The highest BCUT2D eigenvalue weighted by Crippen LogP contribution is 2.36. The van der Waals surface area contributed by atoms with Crippen molar-refractivity contribution in [2.75, 3.05) is 18.4 Å². The quantitative estimate of drug-likeness (QED) is 0.555. The van der Waals surface area contributed by atoms with Gasteiger partial charge in [-0.3, -0.25) is 9.59 Å². The first-order chi connectivity index (χ1) is 15.8. The third-order valence-corrected chi connectivity index (χ3v) is 8.79. The molecule has 2 heterocycles. The summed E-state index contributed by atoms with van der Waals surface area (Å²) in [5.74, 6) is -1.19. The molecular formula is C24H25N3O4S2. The molecule has 1 aromatic heterocycles. The van der Waals surface area contributed by atoms with Crippen LogP contribution in [0, 0.1) is 12.8 Å². The molecule has 3 N–H and O–H groups in total. The first-order valence-corrected chi connectivity index (χ1v) is 12.9. The van der Waals surface area contributed by atoms with Gasteiger partial charge in [0.1, 0.15) is 5.00 Å². The number of thiophene rings is 1. The predicted octanol–water partition coefficient (Wildman–Crippen LogP) is 3.86. The van der Waals surface area contributed by atoms with Crippen LogP contribution < -0.4 is 11.1 Å². The number of piperidine rings is 1. The second-order valence-electron chi connectivity index (χ2n) is 8.06. The number of benzene rings is 2. The van der Waals surface area contributed by atoms with Crippen LogP contribution in [-0.2, 0) is 14.8 Å². The van der Waals surface area contributed by atoms with E-state index in [1.165, 1.54) is 15.6 Å². The van der Waals surface area contributed by atoms with Gasteiger partial charge < -0.3 is 11.1 Å². The number of sulfonamides is 1. The zero-order chi connectivity index (χ0) is 23.6. The molecule has 0 bridgehead atoms. The van der Waals surface area contributed by atoms with E-state index in [1.807, 2.05) is 37.3 Å². The van der Waals surface area contributed by atoms with Crippen LogP contribution in [0.25, 0.3) is 10.4 Å². The second kappa shape index (κ2) is 9.46. The van der Waals surface area contributed by atoms with E-state index in [2.05, 4.69) is 5.32 Å². The zero-order valence-electron chi connectivity index (χ0n) is 18.2. The summed E-state index contributed by atoms with van der Waals surface area (Å²) in [5.41, 5.74) is 7.72.